The topological polar surface area (TPSA) is 66.9 Å². The molecule has 0 saturated carbocycles. The lowest BCUT2D eigenvalue weighted by Crippen LogP contribution is -2.16. The van der Waals surface area contributed by atoms with Crippen LogP contribution >= 0.6 is 35.0 Å². The Kier molecular flexibility index (Phi) is 6.15. The molecule has 138 valence electrons. The largest absolute Gasteiger partial charge is 0.339 e. The van der Waals surface area contributed by atoms with E-state index in [1.807, 2.05) is 30.5 Å². The molecule has 1 amide bonds. The van der Waals surface area contributed by atoms with Gasteiger partial charge in [0, 0.05) is 11.1 Å². The Balaban J connectivity index is 1.95. The summed E-state index contributed by atoms with van der Waals surface area (Å²) in [4.78, 5) is 21.6. The Morgan fingerprint density at radius 2 is 1.93 bits per heavy atom. The second-order valence-electron chi connectivity index (χ2n) is 5.28. The number of amides is 1. The predicted octanol–water partition coefficient (Wildman–Crippen LogP) is 5.64. The third-order valence-electron chi connectivity index (χ3n) is 3.57. The van der Waals surface area contributed by atoms with Gasteiger partial charge in [-0.1, -0.05) is 29.8 Å². The lowest BCUT2D eigenvalue weighted by atomic mass is 10.2. The molecule has 1 aromatic heterocycles. The molecule has 27 heavy (non-hydrogen) atoms. The van der Waals surface area contributed by atoms with Crippen LogP contribution in [0.3, 0.4) is 0 Å². The SMILES string of the molecule is CSc1ccccc1Nc1nc(Cl)ncc1C(=O)Nc1c(F)cccc1Cl. The van der Waals surface area contributed by atoms with Gasteiger partial charge in [-0.2, -0.15) is 4.98 Å². The monoisotopic (exact) mass is 422 g/mol. The van der Waals surface area contributed by atoms with Crippen LogP contribution in [-0.2, 0) is 0 Å². The van der Waals surface area contributed by atoms with E-state index in [0.717, 1.165) is 10.6 Å². The van der Waals surface area contributed by atoms with E-state index in [1.165, 1.54) is 36.2 Å². The molecule has 1 heterocycles. The van der Waals surface area contributed by atoms with Crippen molar-refractivity contribution in [3.63, 3.8) is 0 Å². The third kappa shape index (κ3) is 4.50. The van der Waals surface area contributed by atoms with Gasteiger partial charge in [0.15, 0.2) is 0 Å². The molecule has 0 aliphatic carbocycles. The minimum Gasteiger partial charge on any atom is -0.339 e. The van der Waals surface area contributed by atoms with Crippen LogP contribution in [0.4, 0.5) is 21.6 Å². The van der Waals surface area contributed by atoms with Crippen molar-refractivity contribution in [1.29, 1.82) is 0 Å². The van der Waals surface area contributed by atoms with E-state index in [4.69, 9.17) is 23.2 Å². The van der Waals surface area contributed by atoms with Crippen molar-refractivity contribution in [1.82, 2.24) is 9.97 Å². The summed E-state index contributed by atoms with van der Waals surface area (Å²) in [5.41, 5.74) is 0.724. The van der Waals surface area contributed by atoms with Crippen LogP contribution in [0.2, 0.25) is 10.3 Å². The first-order valence-corrected chi connectivity index (χ1v) is 9.65. The number of halogens is 3. The molecule has 9 heteroatoms. The number of thioether (sulfide) groups is 1. The zero-order chi connectivity index (χ0) is 19.4. The van der Waals surface area contributed by atoms with Crippen molar-refractivity contribution >= 4 is 58.1 Å². The number of rotatable bonds is 5. The number of carbonyl (C=O) groups is 1. The van der Waals surface area contributed by atoms with Crippen molar-refractivity contribution in [2.45, 2.75) is 4.90 Å². The quantitative estimate of drug-likeness (QED) is 0.411. The van der Waals surface area contributed by atoms with Crippen molar-refractivity contribution in [2.75, 3.05) is 16.9 Å². The Morgan fingerprint density at radius 3 is 2.67 bits per heavy atom. The Hall–Kier alpha value is -2.35. The average molecular weight is 423 g/mol. The zero-order valence-electron chi connectivity index (χ0n) is 14.0. The number of para-hydroxylation sites is 2. The molecule has 2 aromatic carbocycles. The molecule has 0 aliphatic heterocycles. The number of nitrogens with zero attached hydrogens (tertiary/aromatic N) is 2. The standard InChI is InChI=1S/C18H13Cl2FN4OS/c1-27-14-8-3-2-7-13(14)23-16-10(9-22-18(20)25-16)17(26)24-15-11(19)5-4-6-12(15)21/h2-9H,1H3,(H,24,26)(H,22,23,25). The minimum atomic E-state index is -0.645. The number of aromatic nitrogens is 2. The molecule has 0 spiro atoms. The van der Waals surface area contributed by atoms with Gasteiger partial charge >= 0.3 is 0 Å². The molecule has 3 aromatic rings. The molecule has 0 aliphatic rings. The second-order valence-corrected chi connectivity index (χ2v) is 6.87. The molecule has 0 unspecified atom stereocenters. The number of anilines is 3. The predicted molar refractivity (Wildman–Crippen MR) is 108 cm³/mol. The maximum Gasteiger partial charge on any atom is 0.261 e. The van der Waals surface area contributed by atoms with E-state index < -0.39 is 11.7 Å². The minimum absolute atomic E-state index is 0.0281. The van der Waals surface area contributed by atoms with Crippen LogP contribution in [0.15, 0.2) is 53.6 Å². The second kappa shape index (κ2) is 8.56. The first kappa shape index (κ1) is 19.4. The Labute approximate surface area is 169 Å². The van der Waals surface area contributed by atoms with Crippen molar-refractivity contribution < 1.29 is 9.18 Å². The normalized spacial score (nSPS) is 10.5. The van der Waals surface area contributed by atoms with Crippen LogP contribution < -0.4 is 10.6 Å². The summed E-state index contributed by atoms with van der Waals surface area (Å²) in [7, 11) is 0. The van der Waals surface area contributed by atoms with E-state index in [9.17, 15) is 9.18 Å². The molecule has 0 atom stereocenters. The molecule has 3 rings (SSSR count). The molecular formula is C18H13Cl2FN4OS. The van der Waals surface area contributed by atoms with Gasteiger partial charge < -0.3 is 10.6 Å². The maximum absolute atomic E-state index is 14.0. The van der Waals surface area contributed by atoms with Crippen LogP contribution in [0.5, 0.6) is 0 Å². The van der Waals surface area contributed by atoms with E-state index in [2.05, 4.69) is 20.6 Å². The van der Waals surface area contributed by atoms with Gasteiger partial charge in [0.1, 0.15) is 17.2 Å². The number of carbonyl (C=O) groups excluding carboxylic acids is 1. The first-order chi connectivity index (χ1) is 13.0. The molecule has 0 bridgehead atoms. The van der Waals surface area contributed by atoms with E-state index in [-0.39, 0.29) is 27.4 Å². The van der Waals surface area contributed by atoms with Gasteiger partial charge in [-0.15, -0.1) is 11.8 Å². The molecule has 0 fully saturated rings. The van der Waals surface area contributed by atoms with Gasteiger partial charge in [0.05, 0.1) is 16.4 Å². The number of hydrogen-bond acceptors (Lipinski definition) is 5. The fraction of sp³-hybridized carbons (Fsp3) is 0.0556. The molecule has 0 saturated heterocycles. The smallest absolute Gasteiger partial charge is 0.261 e. The molecule has 5 nitrogen and oxygen atoms in total. The van der Waals surface area contributed by atoms with Crippen LogP contribution in [0.1, 0.15) is 10.4 Å². The highest BCUT2D eigenvalue weighted by Gasteiger charge is 2.18. The number of nitrogens with one attached hydrogen (secondary N) is 2. The van der Waals surface area contributed by atoms with Gasteiger partial charge in [0.2, 0.25) is 5.28 Å². The zero-order valence-corrected chi connectivity index (χ0v) is 16.3. The van der Waals surface area contributed by atoms with Crippen molar-refractivity contribution in [3.05, 3.63) is 70.3 Å². The Morgan fingerprint density at radius 1 is 1.15 bits per heavy atom. The third-order valence-corrected chi connectivity index (χ3v) is 4.86. The van der Waals surface area contributed by atoms with Gasteiger partial charge in [-0.25, -0.2) is 9.37 Å². The lowest BCUT2D eigenvalue weighted by molar-refractivity contribution is 0.102. The molecule has 0 radical (unpaired) electrons. The van der Waals surface area contributed by atoms with Gasteiger partial charge in [0.25, 0.3) is 5.91 Å². The lowest BCUT2D eigenvalue weighted by Gasteiger charge is -2.14. The highest BCUT2D eigenvalue weighted by molar-refractivity contribution is 7.98. The number of benzene rings is 2. The van der Waals surface area contributed by atoms with Gasteiger partial charge in [-0.05, 0) is 42.1 Å². The van der Waals surface area contributed by atoms with Crippen molar-refractivity contribution in [2.24, 2.45) is 0 Å². The summed E-state index contributed by atoms with van der Waals surface area (Å²) < 4.78 is 14.0. The first-order valence-electron chi connectivity index (χ1n) is 7.67. The van der Waals surface area contributed by atoms with E-state index in [0.29, 0.717) is 0 Å². The summed E-state index contributed by atoms with van der Waals surface area (Å²) in [6, 6.07) is 11.7. The van der Waals surface area contributed by atoms with Crippen LogP contribution in [0, 0.1) is 5.82 Å². The number of hydrogen-bond donors (Lipinski definition) is 2. The molecule has 2 N–H and O–H groups in total. The summed E-state index contributed by atoms with van der Waals surface area (Å²) in [6.45, 7) is 0. The van der Waals surface area contributed by atoms with Crippen LogP contribution in [-0.4, -0.2) is 22.1 Å². The average Bonchev–Trinajstić information content (AvgIpc) is 2.65. The fourth-order valence-electron chi connectivity index (χ4n) is 2.30. The van der Waals surface area contributed by atoms with Crippen molar-refractivity contribution in [3.8, 4) is 0 Å². The summed E-state index contributed by atoms with van der Waals surface area (Å²) in [6.07, 6.45) is 3.20. The highest BCUT2D eigenvalue weighted by Crippen LogP contribution is 2.30. The Bertz CT molecular complexity index is 983. The van der Waals surface area contributed by atoms with Gasteiger partial charge in [-0.3, -0.25) is 4.79 Å². The fourth-order valence-corrected chi connectivity index (χ4v) is 3.19. The summed E-state index contributed by atoms with van der Waals surface area (Å²) in [5.74, 6) is -1.07. The molecular weight excluding hydrogens is 410 g/mol. The summed E-state index contributed by atoms with van der Waals surface area (Å²) >= 11 is 13.4. The van der Waals surface area contributed by atoms with E-state index >= 15 is 0 Å². The van der Waals surface area contributed by atoms with Crippen LogP contribution in [0.25, 0.3) is 0 Å². The van der Waals surface area contributed by atoms with E-state index in [1.54, 1.807) is 0 Å². The highest BCUT2D eigenvalue weighted by atomic mass is 35.5. The maximum atomic E-state index is 14.0. The summed E-state index contributed by atoms with van der Waals surface area (Å²) in [5, 5.41) is 5.60.